The molecule has 4 rings (SSSR count). The minimum atomic E-state index is -0.547. The summed E-state index contributed by atoms with van der Waals surface area (Å²) in [6.45, 7) is 1.22. The summed E-state index contributed by atoms with van der Waals surface area (Å²) < 4.78 is 31.7. The normalized spacial score (nSPS) is 22.1. The SMILES string of the molecule is O=C(C1CC(=O)N(c2ccc(F)cc2)C1)N1CCCC(Oc2ncc(F)cn2)C1. The van der Waals surface area contributed by atoms with Crippen LogP contribution < -0.4 is 9.64 Å². The number of ether oxygens (including phenoxy) is 1. The Balaban J connectivity index is 1.38. The Kier molecular flexibility index (Phi) is 5.37. The molecule has 152 valence electrons. The van der Waals surface area contributed by atoms with Crippen molar-refractivity contribution in [2.45, 2.75) is 25.4 Å². The smallest absolute Gasteiger partial charge is 0.316 e. The maximum Gasteiger partial charge on any atom is 0.316 e. The minimum Gasteiger partial charge on any atom is -0.458 e. The molecule has 0 bridgehead atoms. The minimum absolute atomic E-state index is 0.0734. The van der Waals surface area contributed by atoms with Gasteiger partial charge in [-0.05, 0) is 37.1 Å². The van der Waals surface area contributed by atoms with Crippen molar-refractivity contribution in [1.29, 1.82) is 0 Å². The van der Waals surface area contributed by atoms with E-state index in [0.717, 1.165) is 25.2 Å². The summed E-state index contributed by atoms with van der Waals surface area (Å²) >= 11 is 0. The molecule has 1 aromatic heterocycles. The second kappa shape index (κ2) is 8.10. The van der Waals surface area contributed by atoms with E-state index in [2.05, 4.69) is 9.97 Å². The molecule has 7 nitrogen and oxygen atoms in total. The van der Waals surface area contributed by atoms with Crippen molar-refractivity contribution >= 4 is 17.5 Å². The summed E-state index contributed by atoms with van der Waals surface area (Å²) in [5, 5.41) is 0. The number of amides is 2. The molecule has 2 saturated heterocycles. The lowest BCUT2D eigenvalue weighted by atomic mass is 10.0. The molecular weight excluding hydrogens is 382 g/mol. The van der Waals surface area contributed by atoms with Crippen LogP contribution in [-0.2, 0) is 9.59 Å². The monoisotopic (exact) mass is 402 g/mol. The van der Waals surface area contributed by atoms with Crippen LogP contribution in [0.25, 0.3) is 0 Å². The molecule has 29 heavy (non-hydrogen) atoms. The van der Waals surface area contributed by atoms with Gasteiger partial charge in [0.15, 0.2) is 5.82 Å². The lowest BCUT2D eigenvalue weighted by Gasteiger charge is -2.33. The molecule has 2 aliphatic heterocycles. The Labute approximate surface area is 166 Å². The van der Waals surface area contributed by atoms with E-state index >= 15 is 0 Å². The Morgan fingerprint density at radius 1 is 1.07 bits per heavy atom. The average Bonchev–Trinajstić information content (AvgIpc) is 3.11. The molecule has 0 aliphatic carbocycles. The van der Waals surface area contributed by atoms with E-state index in [4.69, 9.17) is 4.74 Å². The Hall–Kier alpha value is -3.10. The molecule has 2 aromatic rings. The van der Waals surface area contributed by atoms with Crippen LogP contribution in [0.4, 0.5) is 14.5 Å². The van der Waals surface area contributed by atoms with Crippen LogP contribution >= 0.6 is 0 Å². The topological polar surface area (TPSA) is 75.6 Å². The maximum absolute atomic E-state index is 13.1. The highest BCUT2D eigenvalue weighted by atomic mass is 19.1. The molecule has 9 heteroatoms. The summed E-state index contributed by atoms with van der Waals surface area (Å²) in [6, 6.07) is 5.73. The van der Waals surface area contributed by atoms with E-state index in [0.29, 0.717) is 18.8 Å². The van der Waals surface area contributed by atoms with Crippen LogP contribution in [0.2, 0.25) is 0 Å². The zero-order valence-corrected chi connectivity index (χ0v) is 15.6. The summed E-state index contributed by atoms with van der Waals surface area (Å²) in [6.07, 6.45) is 3.38. The fraction of sp³-hybridized carbons (Fsp3) is 0.400. The highest BCUT2D eigenvalue weighted by Gasteiger charge is 2.38. The predicted octanol–water partition coefficient (Wildman–Crippen LogP) is 2.18. The fourth-order valence-electron chi connectivity index (χ4n) is 3.75. The zero-order chi connectivity index (χ0) is 20.4. The van der Waals surface area contributed by atoms with Gasteiger partial charge in [0.05, 0.1) is 24.9 Å². The first-order valence-corrected chi connectivity index (χ1v) is 9.48. The molecule has 0 N–H and O–H groups in total. The predicted molar refractivity (Wildman–Crippen MR) is 99.1 cm³/mol. The van der Waals surface area contributed by atoms with Gasteiger partial charge >= 0.3 is 6.01 Å². The molecule has 2 amide bonds. The first-order valence-electron chi connectivity index (χ1n) is 9.48. The number of rotatable bonds is 4. The van der Waals surface area contributed by atoms with Crippen molar-refractivity contribution in [2.24, 2.45) is 5.92 Å². The van der Waals surface area contributed by atoms with Crippen molar-refractivity contribution in [3.8, 4) is 6.01 Å². The van der Waals surface area contributed by atoms with E-state index in [-0.39, 0.29) is 42.7 Å². The van der Waals surface area contributed by atoms with Crippen molar-refractivity contribution in [3.63, 3.8) is 0 Å². The number of carbonyl (C=O) groups excluding carboxylic acids is 2. The maximum atomic E-state index is 13.1. The molecule has 2 unspecified atom stereocenters. The number of hydrogen-bond acceptors (Lipinski definition) is 5. The van der Waals surface area contributed by atoms with Crippen molar-refractivity contribution < 1.29 is 23.1 Å². The summed E-state index contributed by atoms with van der Waals surface area (Å²) in [5.41, 5.74) is 0.583. The van der Waals surface area contributed by atoms with Crippen LogP contribution in [0.15, 0.2) is 36.7 Å². The van der Waals surface area contributed by atoms with Crippen LogP contribution in [0.3, 0.4) is 0 Å². The highest BCUT2D eigenvalue weighted by molar-refractivity contribution is 6.00. The molecule has 3 heterocycles. The molecule has 2 atom stereocenters. The van der Waals surface area contributed by atoms with E-state index in [9.17, 15) is 18.4 Å². The van der Waals surface area contributed by atoms with Gasteiger partial charge in [-0.15, -0.1) is 0 Å². The second-order valence-corrected chi connectivity index (χ2v) is 7.23. The lowest BCUT2D eigenvalue weighted by molar-refractivity contribution is -0.138. The second-order valence-electron chi connectivity index (χ2n) is 7.23. The van der Waals surface area contributed by atoms with Gasteiger partial charge in [-0.2, -0.15) is 0 Å². The summed E-state index contributed by atoms with van der Waals surface area (Å²) in [4.78, 5) is 36.1. The summed E-state index contributed by atoms with van der Waals surface area (Å²) in [5.74, 6) is -1.63. The quantitative estimate of drug-likeness (QED) is 0.784. The number of piperidine rings is 1. The van der Waals surface area contributed by atoms with E-state index < -0.39 is 11.7 Å². The Morgan fingerprint density at radius 3 is 2.52 bits per heavy atom. The van der Waals surface area contributed by atoms with Gasteiger partial charge in [-0.25, -0.2) is 18.7 Å². The molecule has 0 radical (unpaired) electrons. The molecule has 0 spiro atoms. The van der Waals surface area contributed by atoms with Gasteiger partial charge in [-0.1, -0.05) is 0 Å². The van der Waals surface area contributed by atoms with Crippen LogP contribution in [-0.4, -0.2) is 52.4 Å². The number of anilines is 1. The largest absolute Gasteiger partial charge is 0.458 e. The van der Waals surface area contributed by atoms with Gasteiger partial charge in [0.25, 0.3) is 0 Å². The number of halogens is 2. The van der Waals surface area contributed by atoms with Crippen LogP contribution in [0.5, 0.6) is 6.01 Å². The molecule has 2 aliphatic rings. The number of nitrogens with zero attached hydrogens (tertiary/aromatic N) is 4. The molecule has 2 fully saturated rings. The third-order valence-electron chi connectivity index (χ3n) is 5.17. The third kappa shape index (κ3) is 4.33. The number of aromatic nitrogens is 2. The van der Waals surface area contributed by atoms with Gasteiger partial charge in [0.2, 0.25) is 11.8 Å². The number of benzene rings is 1. The van der Waals surface area contributed by atoms with Crippen LogP contribution in [0, 0.1) is 17.6 Å². The first kappa shape index (κ1) is 19.2. The van der Waals surface area contributed by atoms with Crippen LogP contribution in [0.1, 0.15) is 19.3 Å². The molecular formula is C20H20F2N4O3. The Bertz CT molecular complexity index is 892. The standard InChI is InChI=1S/C20H20F2N4O3/c21-14-3-5-16(6-4-14)26-11-13(8-18(26)27)19(28)25-7-1-2-17(12-25)29-20-23-9-15(22)10-24-20/h3-6,9-10,13,17H,1-2,7-8,11-12H2. The van der Waals surface area contributed by atoms with E-state index in [1.54, 1.807) is 4.90 Å². The van der Waals surface area contributed by atoms with Gasteiger partial charge in [0, 0.05) is 25.2 Å². The number of hydrogen-bond donors (Lipinski definition) is 0. The lowest BCUT2D eigenvalue weighted by Crippen LogP contribution is -2.47. The molecule has 0 saturated carbocycles. The van der Waals surface area contributed by atoms with Gasteiger partial charge in [0.1, 0.15) is 11.9 Å². The zero-order valence-electron chi connectivity index (χ0n) is 15.6. The summed E-state index contributed by atoms with van der Waals surface area (Å²) in [7, 11) is 0. The average molecular weight is 402 g/mol. The highest BCUT2D eigenvalue weighted by Crippen LogP contribution is 2.27. The van der Waals surface area contributed by atoms with Gasteiger partial charge < -0.3 is 14.5 Å². The van der Waals surface area contributed by atoms with E-state index in [1.807, 2.05) is 0 Å². The number of carbonyl (C=O) groups is 2. The number of likely N-dealkylation sites (tertiary alicyclic amines) is 1. The van der Waals surface area contributed by atoms with Crippen molar-refractivity contribution in [3.05, 3.63) is 48.3 Å². The van der Waals surface area contributed by atoms with Gasteiger partial charge in [-0.3, -0.25) is 9.59 Å². The molecule has 1 aromatic carbocycles. The van der Waals surface area contributed by atoms with Crippen molar-refractivity contribution in [2.75, 3.05) is 24.5 Å². The fourth-order valence-corrected chi connectivity index (χ4v) is 3.75. The van der Waals surface area contributed by atoms with E-state index in [1.165, 1.54) is 29.2 Å². The van der Waals surface area contributed by atoms with Crippen molar-refractivity contribution in [1.82, 2.24) is 14.9 Å². The first-order chi connectivity index (χ1) is 14.0. The Morgan fingerprint density at radius 2 is 1.79 bits per heavy atom. The third-order valence-corrected chi connectivity index (χ3v) is 5.17.